The number of nitrogens with one attached hydrogen (secondary N) is 1. The Hall–Kier alpha value is -2.41. The summed E-state index contributed by atoms with van der Waals surface area (Å²) in [6, 6.07) is 5.83. The van der Waals surface area contributed by atoms with Crippen LogP contribution in [0.3, 0.4) is 0 Å². The molecule has 3 rings (SSSR count). The number of nitrogens with zero attached hydrogens (tertiary/aromatic N) is 4. The van der Waals surface area contributed by atoms with E-state index in [-0.39, 0.29) is 0 Å². The third-order valence-electron chi connectivity index (χ3n) is 3.04. The lowest BCUT2D eigenvalue weighted by Gasteiger charge is -2.07. The SMILES string of the molecule is Cn1nccc1CNc1snc(N)c1-c1ccncc1. The Bertz CT molecular complexity index is 703. The van der Waals surface area contributed by atoms with Gasteiger partial charge in [-0.2, -0.15) is 9.47 Å². The van der Waals surface area contributed by atoms with Gasteiger partial charge in [-0.3, -0.25) is 9.67 Å². The Labute approximate surface area is 120 Å². The Morgan fingerprint density at radius 3 is 2.75 bits per heavy atom. The second kappa shape index (κ2) is 5.30. The highest BCUT2D eigenvalue weighted by molar-refractivity contribution is 7.11. The van der Waals surface area contributed by atoms with Crippen LogP contribution in [0.5, 0.6) is 0 Å². The molecule has 3 aromatic rings. The summed E-state index contributed by atoms with van der Waals surface area (Å²) in [5.41, 5.74) is 9.01. The van der Waals surface area contributed by atoms with Crippen LogP contribution in [0.2, 0.25) is 0 Å². The second-order valence-corrected chi connectivity index (χ2v) is 5.08. The lowest BCUT2D eigenvalue weighted by molar-refractivity contribution is 0.721. The van der Waals surface area contributed by atoms with Crippen LogP contribution in [-0.4, -0.2) is 19.1 Å². The van der Waals surface area contributed by atoms with E-state index in [1.165, 1.54) is 11.5 Å². The largest absolute Gasteiger partial charge is 0.382 e. The highest BCUT2D eigenvalue weighted by Crippen LogP contribution is 2.36. The van der Waals surface area contributed by atoms with Crippen LogP contribution in [0.4, 0.5) is 10.8 Å². The molecule has 0 aliphatic rings. The maximum Gasteiger partial charge on any atom is 0.147 e. The predicted octanol–water partition coefficient (Wildman–Crippen LogP) is 2.13. The van der Waals surface area contributed by atoms with Gasteiger partial charge in [0.2, 0.25) is 0 Å². The van der Waals surface area contributed by atoms with Gasteiger partial charge in [0.25, 0.3) is 0 Å². The molecule has 7 heteroatoms. The van der Waals surface area contributed by atoms with Crippen molar-refractivity contribution in [2.45, 2.75) is 6.54 Å². The number of aromatic nitrogens is 4. The van der Waals surface area contributed by atoms with Gasteiger partial charge in [-0.05, 0) is 35.3 Å². The maximum atomic E-state index is 5.97. The summed E-state index contributed by atoms with van der Waals surface area (Å²) < 4.78 is 6.07. The molecule has 0 atom stereocenters. The third-order valence-corrected chi connectivity index (χ3v) is 3.86. The van der Waals surface area contributed by atoms with E-state index in [4.69, 9.17) is 5.73 Å². The molecule has 0 aromatic carbocycles. The van der Waals surface area contributed by atoms with E-state index in [0.717, 1.165) is 21.8 Å². The van der Waals surface area contributed by atoms with Gasteiger partial charge in [-0.1, -0.05) is 0 Å². The predicted molar refractivity (Wildman–Crippen MR) is 80.3 cm³/mol. The summed E-state index contributed by atoms with van der Waals surface area (Å²) in [7, 11) is 1.92. The molecule has 0 aliphatic heterocycles. The summed E-state index contributed by atoms with van der Waals surface area (Å²) in [5.74, 6) is 0.536. The van der Waals surface area contributed by atoms with Crippen LogP contribution in [0, 0.1) is 0 Å². The van der Waals surface area contributed by atoms with Gasteiger partial charge in [0.1, 0.15) is 10.8 Å². The zero-order valence-electron chi connectivity index (χ0n) is 10.9. The van der Waals surface area contributed by atoms with Gasteiger partial charge in [0.15, 0.2) is 0 Å². The number of aryl methyl sites for hydroxylation is 1. The minimum Gasteiger partial charge on any atom is -0.382 e. The number of nitrogens with two attached hydrogens (primary N) is 1. The standard InChI is InChI=1S/C13H14N6S/c1-19-10(4-7-17-19)8-16-13-11(12(14)18-20-13)9-2-5-15-6-3-9/h2-7,16H,8H2,1H3,(H2,14,18). The van der Waals surface area contributed by atoms with Gasteiger partial charge in [0.05, 0.1) is 17.8 Å². The topological polar surface area (TPSA) is 81.7 Å². The Balaban J connectivity index is 1.86. The van der Waals surface area contributed by atoms with Gasteiger partial charge in [0, 0.05) is 25.6 Å². The van der Waals surface area contributed by atoms with Gasteiger partial charge < -0.3 is 11.1 Å². The average Bonchev–Trinajstić information content (AvgIpc) is 3.03. The maximum absolute atomic E-state index is 5.97. The van der Waals surface area contributed by atoms with Crippen molar-refractivity contribution in [3.8, 4) is 11.1 Å². The first-order chi connectivity index (χ1) is 9.75. The van der Waals surface area contributed by atoms with E-state index < -0.39 is 0 Å². The van der Waals surface area contributed by atoms with Crippen LogP contribution in [0.1, 0.15) is 5.69 Å². The summed E-state index contributed by atoms with van der Waals surface area (Å²) >= 11 is 1.36. The highest BCUT2D eigenvalue weighted by Gasteiger charge is 2.13. The van der Waals surface area contributed by atoms with Crippen molar-refractivity contribution >= 4 is 22.4 Å². The fourth-order valence-corrected chi connectivity index (χ4v) is 2.70. The second-order valence-electron chi connectivity index (χ2n) is 4.31. The van der Waals surface area contributed by atoms with E-state index in [2.05, 4.69) is 19.8 Å². The first kappa shape index (κ1) is 12.6. The normalized spacial score (nSPS) is 10.7. The molecule has 0 radical (unpaired) electrons. The number of rotatable bonds is 4. The van der Waals surface area contributed by atoms with Crippen LogP contribution < -0.4 is 11.1 Å². The Morgan fingerprint density at radius 2 is 2.05 bits per heavy atom. The number of hydrogen-bond acceptors (Lipinski definition) is 6. The molecule has 0 bridgehead atoms. The van der Waals surface area contributed by atoms with Crippen LogP contribution >= 0.6 is 11.5 Å². The van der Waals surface area contributed by atoms with Crippen LogP contribution in [0.15, 0.2) is 36.8 Å². The van der Waals surface area contributed by atoms with E-state index in [0.29, 0.717) is 12.4 Å². The van der Waals surface area contributed by atoms with E-state index in [9.17, 15) is 0 Å². The molecular formula is C13H14N6S. The van der Waals surface area contributed by atoms with Crippen molar-refractivity contribution in [3.63, 3.8) is 0 Å². The quantitative estimate of drug-likeness (QED) is 0.768. The molecule has 20 heavy (non-hydrogen) atoms. The summed E-state index contributed by atoms with van der Waals surface area (Å²) in [6.07, 6.45) is 5.27. The third kappa shape index (κ3) is 2.35. The van der Waals surface area contributed by atoms with E-state index in [1.54, 1.807) is 18.6 Å². The molecule has 6 nitrogen and oxygen atoms in total. The molecule has 3 aromatic heterocycles. The van der Waals surface area contributed by atoms with Crippen molar-refractivity contribution in [2.24, 2.45) is 7.05 Å². The van der Waals surface area contributed by atoms with Gasteiger partial charge in [-0.25, -0.2) is 0 Å². The zero-order chi connectivity index (χ0) is 13.9. The minimum absolute atomic E-state index is 0.536. The Kier molecular flexibility index (Phi) is 3.34. The number of nitrogen functional groups attached to an aromatic ring is 1. The molecule has 0 saturated carbocycles. The number of pyridine rings is 1. The van der Waals surface area contributed by atoms with Crippen molar-refractivity contribution in [1.29, 1.82) is 0 Å². The highest BCUT2D eigenvalue weighted by atomic mass is 32.1. The van der Waals surface area contributed by atoms with Gasteiger partial charge >= 0.3 is 0 Å². The Morgan fingerprint density at radius 1 is 1.25 bits per heavy atom. The minimum atomic E-state index is 0.536. The number of hydrogen-bond donors (Lipinski definition) is 2. The number of anilines is 2. The van der Waals surface area contributed by atoms with Gasteiger partial charge in [-0.15, -0.1) is 0 Å². The molecule has 0 fully saturated rings. The van der Waals surface area contributed by atoms with E-state index >= 15 is 0 Å². The van der Waals surface area contributed by atoms with Crippen molar-refractivity contribution in [3.05, 3.63) is 42.5 Å². The lowest BCUT2D eigenvalue weighted by atomic mass is 10.1. The first-order valence-electron chi connectivity index (χ1n) is 6.12. The average molecular weight is 286 g/mol. The molecule has 102 valence electrons. The molecule has 3 heterocycles. The van der Waals surface area contributed by atoms with Crippen molar-refractivity contribution in [1.82, 2.24) is 19.1 Å². The lowest BCUT2D eigenvalue weighted by Crippen LogP contribution is -2.05. The van der Waals surface area contributed by atoms with Crippen molar-refractivity contribution < 1.29 is 0 Å². The van der Waals surface area contributed by atoms with Crippen LogP contribution in [0.25, 0.3) is 11.1 Å². The summed E-state index contributed by atoms with van der Waals surface area (Å²) in [5, 5.41) is 8.47. The summed E-state index contributed by atoms with van der Waals surface area (Å²) in [6.45, 7) is 0.677. The molecule has 0 spiro atoms. The van der Waals surface area contributed by atoms with Crippen LogP contribution in [-0.2, 0) is 13.6 Å². The monoisotopic (exact) mass is 286 g/mol. The molecule has 0 saturated heterocycles. The molecule has 0 amide bonds. The fraction of sp³-hybridized carbons (Fsp3) is 0.154. The molecule has 3 N–H and O–H groups in total. The molecule has 0 aliphatic carbocycles. The smallest absolute Gasteiger partial charge is 0.147 e. The molecule has 0 unspecified atom stereocenters. The summed E-state index contributed by atoms with van der Waals surface area (Å²) in [4.78, 5) is 4.02. The first-order valence-corrected chi connectivity index (χ1v) is 6.89. The van der Waals surface area contributed by atoms with Crippen molar-refractivity contribution in [2.75, 3.05) is 11.1 Å². The molecular weight excluding hydrogens is 272 g/mol. The fourth-order valence-electron chi connectivity index (χ4n) is 1.97. The van der Waals surface area contributed by atoms with E-state index in [1.807, 2.05) is 29.9 Å². The zero-order valence-corrected chi connectivity index (χ0v) is 11.8.